The van der Waals surface area contributed by atoms with Gasteiger partial charge >= 0.3 is 17.1 Å². The molecule has 0 saturated carbocycles. The first-order valence-corrected chi connectivity index (χ1v) is 13.2. The van der Waals surface area contributed by atoms with Gasteiger partial charge in [-0.15, -0.1) is 17.2 Å². The van der Waals surface area contributed by atoms with Crippen molar-refractivity contribution in [3.8, 4) is 0 Å². The number of aromatic nitrogens is 1. The summed E-state index contributed by atoms with van der Waals surface area (Å²) in [6, 6.07) is 32.5. The maximum atomic E-state index is 5.10. The molecule has 4 aromatic carbocycles. The molecule has 3 aliphatic heterocycles. The van der Waals surface area contributed by atoms with Crippen LogP contribution in [0.2, 0.25) is 0 Å². The summed E-state index contributed by atoms with van der Waals surface area (Å²) in [5.74, 6) is 3.81. The van der Waals surface area contributed by atoms with Crippen LogP contribution in [0, 0.1) is 6.42 Å². The average molecular weight is 577 g/mol. The van der Waals surface area contributed by atoms with E-state index < -0.39 is 0 Å². The van der Waals surface area contributed by atoms with Gasteiger partial charge < -0.3 is 20.3 Å². The van der Waals surface area contributed by atoms with Crippen molar-refractivity contribution < 1.29 is 17.1 Å². The van der Waals surface area contributed by atoms with Crippen molar-refractivity contribution >= 4 is 51.5 Å². The van der Waals surface area contributed by atoms with Crippen molar-refractivity contribution in [3.63, 3.8) is 0 Å². The zero-order valence-electron chi connectivity index (χ0n) is 21.4. The van der Waals surface area contributed by atoms with Crippen molar-refractivity contribution in [2.75, 3.05) is 0 Å². The monoisotopic (exact) mass is 576 g/mol. The summed E-state index contributed by atoms with van der Waals surface area (Å²) in [5, 5.41) is 5.52. The van der Waals surface area contributed by atoms with Crippen LogP contribution >= 0.6 is 0 Å². The molecule has 0 amide bonds. The number of hydrogen-bond acceptors (Lipinski definition) is 6. The predicted octanol–water partition coefficient (Wildman–Crippen LogP) is 5.82. The Balaban J connectivity index is 0.00000256. The van der Waals surface area contributed by atoms with Crippen molar-refractivity contribution in [3.05, 3.63) is 137 Å². The summed E-state index contributed by atoms with van der Waals surface area (Å²) in [6.07, 6.45) is 2.15. The van der Waals surface area contributed by atoms with Gasteiger partial charge in [-0.3, -0.25) is 4.99 Å². The molecular formula is C33H19CuN7. The van der Waals surface area contributed by atoms with Crippen molar-refractivity contribution in [1.29, 1.82) is 0 Å². The Bertz CT molecular complexity index is 2080. The van der Waals surface area contributed by atoms with Gasteiger partial charge in [0, 0.05) is 33.9 Å². The second-order valence-corrected chi connectivity index (χ2v) is 10.0. The SMILES string of the molecule is [Cu+2].c1ccc2c(c1)C1=N/C2=N\c2[n-]c(c3ccccc23)/N=C2\N=C(NC3[CH-]C(=N1)c1ccccc13)c1ccccc12. The summed E-state index contributed by atoms with van der Waals surface area (Å²) in [4.78, 5) is 29.9. The van der Waals surface area contributed by atoms with E-state index in [1.54, 1.807) is 0 Å². The molecule has 8 heteroatoms. The van der Waals surface area contributed by atoms with Gasteiger partial charge in [-0.2, -0.15) is 6.42 Å². The molecule has 0 saturated heterocycles. The van der Waals surface area contributed by atoms with Crippen LogP contribution in [-0.4, -0.2) is 29.1 Å². The molecule has 7 nitrogen and oxygen atoms in total. The molecule has 9 rings (SSSR count). The molecule has 1 aromatic heterocycles. The minimum Gasteiger partial charge on any atom is -0.377 e. The van der Waals surface area contributed by atoms with Crippen LogP contribution in [0.3, 0.4) is 0 Å². The largest absolute Gasteiger partial charge is 2.00 e. The maximum Gasteiger partial charge on any atom is 2.00 e. The van der Waals surface area contributed by atoms with E-state index in [4.69, 9.17) is 29.9 Å². The topological polar surface area (TPSA) is 87.9 Å². The first-order valence-electron chi connectivity index (χ1n) is 13.2. The first-order chi connectivity index (χ1) is 19.8. The molecule has 4 heterocycles. The van der Waals surface area contributed by atoms with E-state index >= 15 is 0 Å². The molecule has 0 spiro atoms. The molecule has 8 bridgehead atoms. The molecule has 1 radical (unpaired) electrons. The van der Waals surface area contributed by atoms with Crippen LogP contribution in [0.1, 0.15) is 39.4 Å². The molecule has 197 valence electrons. The zero-order valence-corrected chi connectivity index (χ0v) is 22.3. The van der Waals surface area contributed by atoms with E-state index in [1.807, 2.05) is 66.7 Å². The minimum absolute atomic E-state index is 0. The fourth-order valence-corrected chi connectivity index (χ4v) is 5.85. The van der Waals surface area contributed by atoms with E-state index in [2.05, 4.69) is 42.1 Å². The van der Waals surface area contributed by atoms with Gasteiger partial charge in [0.05, 0.1) is 11.7 Å². The molecule has 1 aliphatic carbocycles. The van der Waals surface area contributed by atoms with Crippen LogP contribution in [-0.2, 0) is 17.1 Å². The fourth-order valence-electron chi connectivity index (χ4n) is 5.85. The quantitative estimate of drug-likeness (QED) is 0.186. The van der Waals surface area contributed by atoms with Crippen LogP contribution in [0.15, 0.2) is 122 Å². The Labute approximate surface area is 246 Å². The van der Waals surface area contributed by atoms with E-state index in [0.29, 0.717) is 29.1 Å². The Morgan fingerprint density at radius 2 is 1.05 bits per heavy atom. The summed E-state index contributed by atoms with van der Waals surface area (Å²) < 4.78 is 0. The van der Waals surface area contributed by atoms with E-state index in [-0.39, 0.29) is 23.1 Å². The smallest absolute Gasteiger partial charge is 0.377 e. The predicted molar refractivity (Wildman–Crippen MR) is 159 cm³/mol. The molecule has 0 fully saturated rings. The number of nitrogens with one attached hydrogen (secondary N) is 1. The number of fused-ring (bicyclic) bond motifs is 18. The van der Waals surface area contributed by atoms with Crippen molar-refractivity contribution in [2.24, 2.45) is 25.0 Å². The molecule has 41 heavy (non-hydrogen) atoms. The zero-order chi connectivity index (χ0) is 26.2. The molecule has 1 unspecified atom stereocenters. The molecule has 4 aliphatic rings. The fraction of sp³-hybridized carbons (Fsp3) is 0.0303. The maximum absolute atomic E-state index is 5.10. The summed E-state index contributed by atoms with van der Waals surface area (Å²) in [5.41, 5.74) is 6.95. The van der Waals surface area contributed by atoms with Gasteiger partial charge in [0.1, 0.15) is 5.84 Å². The summed E-state index contributed by atoms with van der Waals surface area (Å²) in [6.45, 7) is 0. The van der Waals surface area contributed by atoms with Gasteiger partial charge in [-0.05, 0) is 16.8 Å². The third kappa shape index (κ3) is 3.58. The molecule has 5 aromatic rings. The van der Waals surface area contributed by atoms with Gasteiger partial charge in [-0.25, -0.2) is 9.98 Å². The Morgan fingerprint density at radius 1 is 0.537 bits per heavy atom. The number of hydrogen-bond donors (Lipinski definition) is 1. The summed E-state index contributed by atoms with van der Waals surface area (Å²) in [7, 11) is 0. The molecular weight excluding hydrogens is 558 g/mol. The van der Waals surface area contributed by atoms with E-state index in [9.17, 15) is 0 Å². The molecule has 1 N–H and O–H groups in total. The van der Waals surface area contributed by atoms with Gasteiger partial charge in [0.25, 0.3) is 0 Å². The standard InChI is InChI=1S/C33H19N7.Cu/c1-2-10-19-18(9-1)26-17-27(19)35-29-21-12-4-6-14-23(21)31(37-29)39-33-25-16-8-7-15-24(25)32(40-33)38-30-22-13-5-3-11-20(22)28(34-26)36-30;/h1-17,26H,(H,34,36,38);/q-2;+2/b35-27?,39-31-;. The van der Waals surface area contributed by atoms with Crippen molar-refractivity contribution in [1.82, 2.24) is 10.3 Å². The summed E-state index contributed by atoms with van der Waals surface area (Å²) >= 11 is 0. The van der Waals surface area contributed by atoms with Crippen LogP contribution in [0.25, 0.3) is 10.8 Å². The second-order valence-electron chi connectivity index (χ2n) is 10.0. The van der Waals surface area contributed by atoms with Gasteiger partial charge in [0.2, 0.25) is 0 Å². The third-order valence-corrected chi connectivity index (χ3v) is 7.72. The van der Waals surface area contributed by atoms with E-state index in [0.717, 1.165) is 55.7 Å². The van der Waals surface area contributed by atoms with Crippen LogP contribution in [0.5, 0.6) is 0 Å². The van der Waals surface area contributed by atoms with E-state index in [1.165, 1.54) is 0 Å². The van der Waals surface area contributed by atoms with Gasteiger partial charge in [0.15, 0.2) is 5.84 Å². The first kappa shape index (κ1) is 23.8. The third-order valence-electron chi connectivity index (χ3n) is 7.72. The Morgan fingerprint density at radius 3 is 1.73 bits per heavy atom. The number of benzene rings is 4. The minimum atomic E-state index is -0.108. The van der Waals surface area contributed by atoms with Crippen molar-refractivity contribution in [2.45, 2.75) is 6.04 Å². The van der Waals surface area contributed by atoms with Crippen LogP contribution < -0.4 is 10.3 Å². The second kappa shape index (κ2) is 8.99. The Kier molecular flexibility index (Phi) is 5.22. The van der Waals surface area contributed by atoms with Crippen LogP contribution in [0.4, 0.5) is 11.6 Å². The normalized spacial score (nSPS) is 20.0. The number of nitrogens with zero attached hydrogens (tertiary/aromatic N) is 6. The average Bonchev–Trinajstić information content (AvgIpc) is 3.73. The Hall–Kier alpha value is -5.04. The number of rotatable bonds is 0. The molecule has 1 atom stereocenters. The number of aliphatic imine (C=N–C) groups is 5. The number of amidine groups is 4. The van der Waals surface area contributed by atoms with Gasteiger partial charge in [-0.1, -0.05) is 96.7 Å².